The quantitative estimate of drug-likeness (QED) is 0.455. The lowest BCUT2D eigenvalue weighted by atomic mass is 10.6. The highest BCUT2D eigenvalue weighted by Crippen LogP contribution is 1.98. The second kappa shape index (κ2) is 4.87. The zero-order valence-corrected chi connectivity index (χ0v) is 5.90. The average Bonchev–Trinajstić information content (AvgIpc) is 1.68. The van der Waals surface area contributed by atoms with E-state index in [0.29, 0.717) is 0 Å². The van der Waals surface area contributed by atoms with Crippen LogP contribution in [0, 0.1) is 0 Å². The summed E-state index contributed by atoms with van der Waals surface area (Å²) in [7, 11) is 0. The molecule has 0 aromatic carbocycles. The molecule has 0 unspecified atom stereocenters. The van der Waals surface area contributed by atoms with Crippen LogP contribution in [-0.2, 0) is 0 Å². The number of allylic oxidation sites excluding steroid dienone is 1. The van der Waals surface area contributed by atoms with E-state index < -0.39 is 0 Å². The second-order valence-corrected chi connectivity index (χ2v) is 1.79. The normalized spacial score (nSPS) is 13.1. The molecule has 0 aliphatic heterocycles. The molecule has 46 valence electrons. The maximum absolute atomic E-state index is 5.13. The molecule has 0 radical (unpaired) electrons. The molecule has 0 rings (SSSR count). The van der Waals surface area contributed by atoms with Gasteiger partial charge in [0.25, 0.3) is 0 Å². The van der Waals surface area contributed by atoms with Gasteiger partial charge in [0.15, 0.2) is 0 Å². The van der Waals surface area contributed by atoms with E-state index in [4.69, 9.17) is 5.14 Å². The van der Waals surface area contributed by atoms with Crippen LogP contribution in [0.5, 0.6) is 0 Å². The minimum atomic E-state index is 0.944. The van der Waals surface area contributed by atoms with E-state index >= 15 is 0 Å². The number of nitrogens with two attached hydrogens (primary N) is 1. The Bertz CT molecular complexity index is 107. The molecular formula is C5H10N2S. The van der Waals surface area contributed by atoms with Gasteiger partial charge in [0.2, 0.25) is 0 Å². The zero-order valence-electron chi connectivity index (χ0n) is 5.09. The first kappa shape index (κ1) is 7.72. The van der Waals surface area contributed by atoms with Gasteiger partial charge in [-0.3, -0.25) is 10.1 Å². The molecule has 0 aromatic rings. The van der Waals surface area contributed by atoms with Crippen LogP contribution in [0.3, 0.4) is 0 Å². The molecule has 2 nitrogen and oxygen atoms in total. The number of hydrogen-bond acceptors (Lipinski definition) is 3. The summed E-state index contributed by atoms with van der Waals surface area (Å²) in [6, 6.07) is 0. The lowest BCUT2D eigenvalue weighted by Gasteiger charge is -1.85. The van der Waals surface area contributed by atoms with Crippen molar-refractivity contribution in [2.75, 3.05) is 0 Å². The number of hydrogen-bond donors (Lipinski definition) is 1. The summed E-state index contributed by atoms with van der Waals surface area (Å²) in [5.74, 6) is 0. The molecule has 8 heavy (non-hydrogen) atoms. The first-order valence-electron chi connectivity index (χ1n) is 2.32. The molecule has 0 aliphatic rings. The van der Waals surface area contributed by atoms with Crippen molar-refractivity contribution in [3.05, 3.63) is 11.1 Å². The molecule has 0 aromatic heterocycles. The van der Waals surface area contributed by atoms with Crippen molar-refractivity contribution in [1.82, 2.24) is 0 Å². The molecule has 0 saturated carbocycles. The number of nitrogens with zero attached hydrogens (tertiary/aromatic N) is 1. The highest BCUT2D eigenvalue weighted by molar-refractivity contribution is 7.99. The van der Waals surface area contributed by atoms with Gasteiger partial charge in [-0.25, -0.2) is 0 Å². The third kappa shape index (κ3) is 3.89. The molecule has 0 amide bonds. The molecule has 0 atom stereocenters. The van der Waals surface area contributed by atoms with Crippen LogP contribution >= 0.6 is 11.9 Å². The number of rotatable bonds is 2. The van der Waals surface area contributed by atoms with Crippen molar-refractivity contribution in [2.24, 2.45) is 10.1 Å². The van der Waals surface area contributed by atoms with Crippen molar-refractivity contribution < 1.29 is 0 Å². The Morgan fingerprint density at radius 1 is 1.75 bits per heavy atom. The van der Waals surface area contributed by atoms with Crippen LogP contribution < -0.4 is 5.14 Å². The molecule has 2 N–H and O–H groups in total. The Kier molecular flexibility index (Phi) is 4.70. The van der Waals surface area contributed by atoms with E-state index in [0.717, 1.165) is 5.70 Å². The largest absolute Gasteiger partial charge is 0.274 e. The van der Waals surface area contributed by atoms with Crippen LogP contribution in [0.1, 0.15) is 13.8 Å². The minimum absolute atomic E-state index is 0.944. The van der Waals surface area contributed by atoms with E-state index in [1.54, 1.807) is 11.6 Å². The molecule has 0 spiro atoms. The lowest BCUT2D eigenvalue weighted by molar-refractivity contribution is 1.33. The van der Waals surface area contributed by atoms with E-state index in [2.05, 4.69) is 4.99 Å². The average molecular weight is 130 g/mol. The molecule has 0 aliphatic carbocycles. The summed E-state index contributed by atoms with van der Waals surface area (Å²) in [5.41, 5.74) is 0.944. The van der Waals surface area contributed by atoms with Crippen molar-refractivity contribution in [2.45, 2.75) is 13.8 Å². The van der Waals surface area contributed by atoms with Gasteiger partial charge in [-0.1, -0.05) is 11.9 Å². The zero-order chi connectivity index (χ0) is 6.41. The SMILES string of the molecule is CC=NC(C)=CSN. The maximum Gasteiger partial charge on any atom is 0.0444 e. The highest BCUT2D eigenvalue weighted by atomic mass is 32.2. The van der Waals surface area contributed by atoms with Crippen molar-refractivity contribution in [1.29, 1.82) is 0 Å². The van der Waals surface area contributed by atoms with Gasteiger partial charge in [0, 0.05) is 17.3 Å². The lowest BCUT2D eigenvalue weighted by Crippen LogP contribution is -1.72. The van der Waals surface area contributed by atoms with Crippen LogP contribution in [0.25, 0.3) is 0 Å². The first-order valence-corrected chi connectivity index (χ1v) is 3.26. The van der Waals surface area contributed by atoms with Gasteiger partial charge in [0.1, 0.15) is 0 Å². The Balaban J connectivity index is 3.61. The van der Waals surface area contributed by atoms with Crippen molar-refractivity contribution in [3.63, 3.8) is 0 Å². The molecular weight excluding hydrogens is 120 g/mol. The van der Waals surface area contributed by atoms with E-state index in [1.165, 1.54) is 11.9 Å². The van der Waals surface area contributed by atoms with E-state index in [-0.39, 0.29) is 0 Å². The minimum Gasteiger partial charge on any atom is -0.274 e. The molecule has 0 saturated heterocycles. The molecule has 0 heterocycles. The fourth-order valence-electron chi connectivity index (χ4n) is 0.333. The van der Waals surface area contributed by atoms with E-state index in [9.17, 15) is 0 Å². The van der Waals surface area contributed by atoms with Crippen LogP contribution in [0.2, 0.25) is 0 Å². The summed E-state index contributed by atoms with van der Waals surface area (Å²) >= 11 is 1.17. The summed E-state index contributed by atoms with van der Waals surface area (Å²) in [4.78, 5) is 3.95. The molecule has 0 fully saturated rings. The predicted molar refractivity (Wildman–Crippen MR) is 39.7 cm³/mol. The van der Waals surface area contributed by atoms with Gasteiger partial charge in [-0.15, -0.1) is 0 Å². The van der Waals surface area contributed by atoms with Crippen LogP contribution in [0.4, 0.5) is 0 Å². The summed E-state index contributed by atoms with van der Waals surface area (Å²) in [6.07, 6.45) is 1.74. The highest BCUT2D eigenvalue weighted by Gasteiger charge is 1.75. The molecule has 3 heteroatoms. The fourth-order valence-corrected chi connectivity index (χ4v) is 0.590. The Labute approximate surface area is 54.0 Å². The monoisotopic (exact) mass is 130 g/mol. The maximum atomic E-state index is 5.13. The van der Waals surface area contributed by atoms with Gasteiger partial charge >= 0.3 is 0 Å². The number of aliphatic imine (C=N–C) groups is 1. The topological polar surface area (TPSA) is 38.4 Å². The third-order valence-electron chi connectivity index (χ3n) is 0.571. The van der Waals surface area contributed by atoms with Crippen molar-refractivity contribution >= 4 is 18.2 Å². The molecule has 0 bridgehead atoms. The van der Waals surface area contributed by atoms with E-state index in [1.807, 2.05) is 13.8 Å². The Morgan fingerprint density at radius 2 is 2.38 bits per heavy atom. The van der Waals surface area contributed by atoms with Crippen molar-refractivity contribution in [3.8, 4) is 0 Å². The Hall–Kier alpha value is -0.280. The standard InChI is InChI=1S/C5H10N2S/c1-3-7-5(2)4-8-6/h3-4H,6H2,1-2H3. The summed E-state index contributed by atoms with van der Waals surface area (Å²) in [5, 5.41) is 6.92. The Morgan fingerprint density at radius 3 is 2.75 bits per heavy atom. The fraction of sp³-hybridized carbons (Fsp3) is 0.400. The second-order valence-electron chi connectivity index (χ2n) is 1.28. The van der Waals surface area contributed by atoms with Gasteiger partial charge in [-0.2, -0.15) is 0 Å². The summed E-state index contributed by atoms with van der Waals surface area (Å²) < 4.78 is 0. The van der Waals surface area contributed by atoms with Gasteiger partial charge in [-0.05, 0) is 13.8 Å². The van der Waals surface area contributed by atoms with Gasteiger partial charge in [0.05, 0.1) is 0 Å². The summed E-state index contributed by atoms with van der Waals surface area (Å²) in [6.45, 7) is 3.78. The first-order chi connectivity index (χ1) is 3.81. The van der Waals surface area contributed by atoms with Gasteiger partial charge < -0.3 is 0 Å². The third-order valence-corrected chi connectivity index (χ3v) is 1.05. The van der Waals surface area contributed by atoms with Crippen LogP contribution in [0.15, 0.2) is 16.1 Å². The predicted octanol–water partition coefficient (Wildman–Crippen LogP) is 1.55. The van der Waals surface area contributed by atoms with Crippen LogP contribution in [-0.4, -0.2) is 6.21 Å². The smallest absolute Gasteiger partial charge is 0.0444 e.